The number of nitrogens with zero attached hydrogens (tertiary/aromatic N) is 2. The third-order valence-corrected chi connectivity index (χ3v) is 3.60. The summed E-state index contributed by atoms with van der Waals surface area (Å²) < 4.78 is 6.43. The number of aromatic nitrogens is 2. The molecule has 0 unspecified atom stereocenters. The maximum Gasteiger partial charge on any atom is 0.337 e. The minimum atomic E-state index is -0.455. The second kappa shape index (κ2) is 6.72. The molecule has 0 radical (unpaired) electrons. The molecule has 0 saturated heterocycles. The van der Waals surface area contributed by atoms with Crippen LogP contribution in [0.4, 0.5) is 5.69 Å². The first-order valence-electron chi connectivity index (χ1n) is 7.16. The largest absolute Gasteiger partial charge is 0.465 e. The van der Waals surface area contributed by atoms with Crippen molar-refractivity contribution in [2.75, 3.05) is 12.4 Å². The predicted molar refractivity (Wildman–Crippen MR) is 90.3 cm³/mol. The van der Waals surface area contributed by atoms with Gasteiger partial charge in [0.05, 0.1) is 29.8 Å². The maximum absolute atomic E-state index is 12.2. The molecule has 0 aliphatic heterocycles. The van der Waals surface area contributed by atoms with E-state index in [-0.39, 0.29) is 12.3 Å². The molecule has 1 amide bonds. The van der Waals surface area contributed by atoms with Gasteiger partial charge in [0.25, 0.3) is 0 Å². The summed E-state index contributed by atoms with van der Waals surface area (Å²) in [7, 11) is 1.31. The van der Waals surface area contributed by atoms with Crippen LogP contribution < -0.4 is 5.32 Å². The van der Waals surface area contributed by atoms with Crippen LogP contribution in [0.3, 0.4) is 0 Å². The van der Waals surface area contributed by atoms with Gasteiger partial charge in [0.2, 0.25) is 5.91 Å². The number of halogens is 1. The molecule has 0 spiro atoms. The highest BCUT2D eigenvalue weighted by atomic mass is 35.5. The summed E-state index contributed by atoms with van der Waals surface area (Å²) in [5.74, 6) is -0.685. The number of hydrogen-bond acceptors (Lipinski definition) is 4. The monoisotopic (exact) mass is 343 g/mol. The third-order valence-electron chi connectivity index (χ3n) is 3.37. The van der Waals surface area contributed by atoms with Crippen LogP contribution in [0, 0.1) is 0 Å². The Morgan fingerprint density at radius 1 is 1.25 bits per heavy atom. The summed E-state index contributed by atoms with van der Waals surface area (Å²) in [6.45, 7) is 0. The van der Waals surface area contributed by atoms with Gasteiger partial charge in [0, 0.05) is 18.1 Å². The van der Waals surface area contributed by atoms with Gasteiger partial charge in [-0.05, 0) is 30.3 Å². The maximum atomic E-state index is 12.2. The van der Waals surface area contributed by atoms with Crippen molar-refractivity contribution >= 4 is 34.8 Å². The van der Waals surface area contributed by atoms with Crippen molar-refractivity contribution in [3.05, 3.63) is 65.1 Å². The number of carbonyl (C=O) groups is 2. The number of carbonyl (C=O) groups excluding carboxylic acids is 2. The third kappa shape index (κ3) is 3.55. The summed E-state index contributed by atoms with van der Waals surface area (Å²) in [4.78, 5) is 28.0. The number of amides is 1. The lowest BCUT2D eigenvalue weighted by Gasteiger charge is -2.05. The number of nitrogens with one attached hydrogen (secondary N) is 1. The van der Waals surface area contributed by atoms with Crippen LogP contribution in [0.1, 0.15) is 16.1 Å². The van der Waals surface area contributed by atoms with Gasteiger partial charge in [-0.15, -0.1) is 0 Å². The smallest absolute Gasteiger partial charge is 0.337 e. The number of rotatable bonds is 4. The lowest BCUT2D eigenvalue weighted by Crippen LogP contribution is -2.15. The van der Waals surface area contributed by atoms with E-state index >= 15 is 0 Å². The second-order valence-electron chi connectivity index (χ2n) is 5.14. The predicted octanol–water partition coefficient (Wildman–Crippen LogP) is 2.96. The molecule has 6 nitrogen and oxygen atoms in total. The molecule has 0 aliphatic rings. The van der Waals surface area contributed by atoms with E-state index in [0.29, 0.717) is 22.0 Å². The van der Waals surface area contributed by atoms with E-state index in [4.69, 9.17) is 11.6 Å². The van der Waals surface area contributed by atoms with E-state index in [2.05, 4.69) is 15.0 Å². The lowest BCUT2D eigenvalue weighted by molar-refractivity contribution is -0.115. The summed E-state index contributed by atoms with van der Waals surface area (Å²) in [5, 5.41) is 3.34. The van der Waals surface area contributed by atoms with Crippen molar-refractivity contribution in [1.82, 2.24) is 9.38 Å². The molecule has 122 valence electrons. The average molecular weight is 344 g/mol. The van der Waals surface area contributed by atoms with Gasteiger partial charge in [0.15, 0.2) is 0 Å². The van der Waals surface area contributed by atoms with Crippen LogP contribution >= 0.6 is 11.6 Å². The Bertz CT molecular complexity index is 920. The first-order chi connectivity index (χ1) is 11.5. The number of hydrogen-bond donors (Lipinski definition) is 1. The number of fused-ring (bicyclic) bond motifs is 1. The zero-order chi connectivity index (χ0) is 17.1. The van der Waals surface area contributed by atoms with Crippen LogP contribution in [-0.2, 0) is 16.0 Å². The SMILES string of the molecule is COC(=O)c1cccc(NC(=O)Cc2cn3cc(Cl)ccc3n2)c1. The van der Waals surface area contributed by atoms with Crippen molar-refractivity contribution < 1.29 is 14.3 Å². The van der Waals surface area contributed by atoms with Crippen molar-refractivity contribution in [2.24, 2.45) is 0 Å². The topological polar surface area (TPSA) is 72.7 Å². The molecule has 0 fully saturated rings. The molecular weight excluding hydrogens is 330 g/mol. The number of pyridine rings is 1. The van der Waals surface area contributed by atoms with Gasteiger partial charge in [-0.25, -0.2) is 9.78 Å². The Balaban J connectivity index is 1.71. The quantitative estimate of drug-likeness (QED) is 0.739. The molecule has 24 heavy (non-hydrogen) atoms. The molecule has 2 aromatic heterocycles. The standard InChI is InChI=1S/C17H14ClN3O3/c1-24-17(23)11-3-2-4-13(7-11)20-16(22)8-14-10-21-9-12(18)5-6-15(21)19-14/h2-7,9-10H,8H2,1H3,(H,20,22). The summed E-state index contributed by atoms with van der Waals surface area (Å²) in [6, 6.07) is 10.1. The number of imidazole rings is 1. The highest BCUT2D eigenvalue weighted by molar-refractivity contribution is 6.30. The number of anilines is 1. The van der Waals surface area contributed by atoms with Crippen LogP contribution in [0.2, 0.25) is 5.02 Å². The highest BCUT2D eigenvalue weighted by Gasteiger charge is 2.10. The Morgan fingerprint density at radius 2 is 2.08 bits per heavy atom. The molecular formula is C17H14ClN3O3. The van der Waals surface area contributed by atoms with Gasteiger partial charge in [-0.3, -0.25) is 4.79 Å². The van der Waals surface area contributed by atoms with Crippen LogP contribution in [-0.4, -0.2) is 28.4 Å². The Morgan fingerprint density at radius 3 is 2.88 bits per heavy atom. The molecule has 0 aliphatic carbocycles. The molecule has 2 heterocycles. The number of methoxy groups -OCH3 is 1. The Kier molecular flexibility index (Phi) is 4.48. The van der Waals surface area contributed by atoms with E-state index in [1.54, 1.807) is 53.2 Å². The zero-order valence-electron chi connectivity index (χ0n) is 12.8. The number of esters is 1. The van der Waals surface area contributed by atoms with Crippen LogP contribution in [0.5, 0.6) is 0 Å². The van der Waals surface area contributed by atoms with Crippen molar-refractivity contribution in [3.63, 3.8) is 0 Å². The van der Waals surface area contributed by atoms with Crippen LogP contribution in [0.15, 0.2) is 48.8 Å². The molecule has 1 aromatic carbocycles. The van der Waals surface area contributed by atoms with E-state index in [0.717, 1.165) is 5.65 Å². The molecule has 0 bridgehead atoms. The first kappa shape index (κ1) is 16.0. The van der Waals surface area contributed by atoms with Crippen molar-refractivity contribution in [2.45, 2.75) is 6.42 Å². The van der Waals surface area contributed by atoms with Gasteiger partial charge in [-0.2, -0.15) is 0 Å². The highest BCUT2D eigenvalue weighted by Crippen LogP contribution is 2.14. The molecule has 3 aromatic rings. The number of ether oxygens (including phenoxy) is 1. The summed E-state index contributed by atoms with van der Waals surface area (Å²) >= 11 is 5.93. The normalized spacial score (nSPS) is 10.6. The zero-order valence-corrected chi connectivity index (χ0v) is 13.6. The molecule has 1 N–H and O–H groups in total. The number of benzene rings is 1. The fraction of sp³-hybridized carbons (Fsp3) is 0.118. The fourth-order valence-electron chi connectivity index (χ4n) is 2.31. The summed E-state index contributed by atoms with van der Waals surface area (Å²) in [6.07, 6.45) is 3.60. The first-order valence-corrected chi connectivity index (χ1v) is 7.54. The molecule has 3 rings (SSSR count). The van der Waals surface area contributed by atoms with E-state index in [1.807, 2.05) is 0 Å². The van der Waals surface area contributed by atoms with E-state index in [9.17, 15) is 9.59 Å². The Hall–Kier alpha value is -2.86. The van der Waals surface area contributed by atoms with E-state index in [1.165, 1.54) is 7.11 Å². The van der Waals surface area contributed by atoms with Crippen LogP contribution in [0.25, 0.3) is 5.65 Å². The molecule has 0 saturated carbocycles. The van der Waals surface area contributed by atoms with Crippen molar-refractivity contribution in [1.29, 1.82) is 0 Å². The van der Waals surface area contributed by atoms with Gasteiger partial charge >= 0.3 is 5.97 Å². The van der Waals surface area contributed by atoms with Gasteiger partial charge in [-0.1, -0.05) is 17.7 Å². The lowest BCUT2D eigenvalue weighted by atomic mass is 10.2. The minimum Gasteiger partial charge on any atom is -0.465 e. The van der Waals surface area contributed by atoms with Gasteiger partial charge in [0.1, 0.15) is 5.65 Å². The van der Waals surface area contributed by atoms with Crippen molar-refractivity contribution in [3.8, 4) is 0 Å². The average Bonchev–Trinajstić information content (AvgIpc) is 2.95. The fourth-order valence-corrected chi connectivity index (χ4v) is 2.48. The molecule has 0 atom stereocenters. The Labute approximate surface area is 143 Å². The van der Waals surface area contributed by atoms with Gasteiger partial charge < -0.3 is 14.5 Å². The molecule has 7 heteroatoms. The summed E-state index contributed by atoms with van der Waals surface area (Å²) in [5.41, 5.74) is 2.24. The second-order valence-corrected chi connectivity index (χ2v) is 5.58. The minimum absolute atomic E-state index is 0.113. The van der Waals surface area contributed by atoms with E-state index < -0.39 is 5.97 Å².